The number of hydrogen-bond acceptors (Lipinski definition) is 2. The summed E-state index contributed by atoms with van der Waals surface area (Å²) in [6, 6.07) is 6.53. The van der Waals surface area contributed by atoms with Gasteiger partial charge in [0, 0.05) is 13.1 Å². The molecule has 1 aliphatic heterocycles. The first-order valence-corrected chi connectivity index (χ1v) is 5.42. The van der Waals surface area contributed by atoms with E-state index in [2.05, 4.69) is 5.32 Å². The molecule has 0 aromatic heterocycles. The molecule has 86 valence electrons. The first-order chi connectivity index (χ1) is 7.66. The van der Waals surface area contributed by atoms with E-state index in [9.17, 15) is 9.18 Å². The van der Waals surface area contributed by atoms with Crippen molar-refractivity contribution in [3.63, 3.8) is 0 Å². The zero-order valence-corrected chi connectivity index (χ0v) is 8.95. The second-order valence-corrected chi connectivity index (χ2v) is 4.25. The molecule has 1 aliphatic rings. The van der Waals surface area contributed by atoms with Crippen LogP contribution in [-0.4, -0.2) is 19.0 Å². The Morgan fingerprint density at radius 2 is 2.25 bits per heavy atom. The maximum atomic E-state index is 13.1. The highest BCUT2D eigenvalue weighted by Crippen LogP contribution is 2.26. The Labute approximate surface area is 93.8 Å². The van der Waals surface area contributed by atoms with Crippen molar-refractivity contribution in [2.75, 3.05) is 13.1 Å². The second kappa shape index (κ2) is 4.61. The van der Waals surface area contributed by atoms with E-state index >= 15 is 0 Å². The molecule has 3 nitrogen and oxygen atoms in total. The molecular weight excluding hydrogens is 207 g/mol. The number of nitrogens with one attached hydrogen (secondary N) is 1. The minimum absolute atomic E-state index is 0.151. The summed E-state index contributed by atoms with van der Waals surface area (Å²) in [6.45, 7) is 1.40. The Morgan fingerprint density at radius 1 is 1.44 bits per heavy atom. The number of carbonyl (C=O) groups is 1. The number of rotatable bonds is 2. The van der Waals surface area contributed by atoms with Crippen LogP contribution in [0.3, 0.4) is 0 Å². The van der Waals surface area contributed by atoms with Gasteiger partial charge in [-0.2, -0.15) is 0 Å². The normalized spacial score (nSPS) is 25.3. The topological polar surface area (TPSA) is 55.1 Å². The van der Waals surface area contributed by atoms with Crippen LogP contribution < -0.4 is 11.1 Å². The SMILES string of the molecule is NC(=O)[C@@H]1CNC[C@H](c2cccc(F)c2)C1. The lowest BCUT2D eigenvalue weighted by Crippen LogP contribution is -2.41. The summed E-state index contributed by atoms with van der Waals surface area (Å²) in [5.74, 6) is -0.503. The minimum atomic E-state index is -0.284. The Balaban J connectivity index is 2.12. The number of piperidine rings is 1. The largest absolute Gasteiger partial charge is 0.369 e. The molecule has 1 fully saturated rings. The number of benzene rings is 1. The fraction of sp³-hybridized carbons (Fsp3) is 0.417. The van der Waals surface area contributed by atoms with Crippen molar-refractivity contribution in [1.29, 1.82) is 0 Å². The van der Waals surface area contributed by atoms with Gasteiger partial charge in [0.25, 0.3) is 0 Å². The number of halogens is 1. The first-order valence-electron chi connectivity index (χ1n) is 5.42. The van der Waals surface area contributed by atoms with Gasteiger partial charge in [-0.15, -0.1) is 0 Å². The van der Waals surface area contributed by atoms with Crippen molar-refractivity contribution in [2.24, 2.45) is 11.7 Å². The van der Waals surface area contributed by atoms with Crippen LogP contribution >= 0.6 is 0 Å². The van der Waals surface area contributed by atoms with Crippen LogP contribution in [0.2, 0.25) is 0 Å². The smallest absolute Gasteiger partial charge is 0.221 e. The molecule has 1 heterocycles. The van der Waals surface area contributed by atoms with Crippen molar-refractivity contribution in [1.82, 2.24) is 5.32 Å². The van der Waals surface area contributed by atoms with Crippen molar-refractivity contribution in [2.45, 2.75) is 12.3 Å². The molecule has 2 rings (SSSR count). The summed E-state index contributed by atoms with van der Waals surface area (Å²) in [4.78, 5) is 11.1. The molecule has 1 aromatic carbocycles. The van der Waals surface area contributed by atoms with Crippen LogP contribution in [0.15, 0.2) is 24.3 Å². The summed E-state index contributed by atoms with van der Waals surface area (Å²) in [5.41, 5.74) is 6.21. The summed E-state index contributed by atoms with van der Waals surface area (Å²) in [6.07, 6.45) is 0.700. The monoisotopic (exact) mass is 222 g/mol. The predicted molar refractivity (Wildman–Crippen MR) is 59.3 cm³/mol. The van der Waals surface area contributed by atoms with Gasteiger partial charge in [-0.1, -0.05) is 12.1 Å². The number of carbonyl (C=O) groups excluding carboxylic acids is 1. The van der Waals surface area contributed by atoms with E-state index in [1.54, 1.807) is 6.07 Å². The standard InChI is InChI=1S/C12H15FN2O/c13-11-3-1-2-8(5-11)9-4-10(12(14)16)7-15-6-9/h1-3,5,9-10,15H,4,6-7H2,(H2,14,16)/t9-,10+/m1/s1. The number of hydrogen-bond donors (Lipinski definition) is 2. The van der Waals surface area contributed by atoms with E-state index in [4.69, 9.17) is 5.73 Å². The van der Waals surface area contributed by atoms with Crippen LogP contribution in [0.1, 0.15) is 17.9 Å². The summed E-state index contributed by atoms with van der Waals surface area (Å²) in [7, 11) is 0. The number of primary amides is 1. The molecule has 2 atom stereocenters. The van der Waals surface area contributed by atoms with Crippen LogP contribution in [-0.2, 0) is 4.79 Å². The van der Waals surface area contributed by atoms with Crippen molar-refractivity contribution < 1.29 is 9.18 Å². The van der Waals surface area contributed by atoms with Crippen LogP contribution in [0, 0.1) is 11.7 Å². The van der Waals surface area contributed by atoms with E-state index < -0.39 is 0 Å². The maximum Gasteiger partial charge on any atom is 0.221 e. The number of amides is 1. The molecule has 3 N–H and O–H groups in total. The maximum absolute atomic E-state index is 13.1. The highest BCUT2D eigenvalue weighted by molar-refractivity contribution is 5.77. The van der Waals surface area contributed by atoms with Gasteiger partial charge in [0.15, 0.2) is 0 Å². The third kappa shape index (κ3) is 2.39. The van der Waals surface area contributed by atoms with Gasteiger partial charge in [0.1, 0.15) is 5.82 Å². The summed E-state index contributed by atoms with van der Waals surface area (Å²) >= 11 is 0. The van der Waals surface area contributed by atoms with E-state index in [1.165, 1.54) is 12.1 Å². The average molecular weight is 222 g/mol. The highest BCUT2D eigenvalue weighted by Gasteiger charge is 2.26. The Kier molecular flexibility index (Phi) is 3.19. The minimum Gasteiger partial charge on any atom is -0.369 e. The fourth-order valence-corrected chi connectivity index (χ4v) is 2.17. The quantitative estimate of drug-likeness (QED) is 0.784. The molecule has 0 unspecified atom stereocenters. The summed E-state index contributed by atoms with van der Waals surface area (Å²) in [5, 5.41) is 3.16. The van der Waals surface area contributed by atoms with Crippen LogP contribution in [0.25, 0.3) is 0 Å². The van der Waals surface area contributed by atoms with Gasteiger partial charge >= 0.3 is 0 Å². The highest BCUT2D eigenvalue weighted by atomic mass is 19.1. The lowest BCUT2D eigenvalue weighted by Gasteiger charge is -2.28. The Morgan fingerprint density at radius 3 is 2.94 bits per heavy atom. The van der Waals surface area contributed by atoms with Crippen molar-refractivity contribution in [3.8, 4) is 0 Å². The van der Waals surface area contributed by atoms with Gasteiger partial charge in [-0.3, -0.25) is 4.79 Å². The van der Waals surface area contributed by atoms with Gasteiger partial charge < -0.3 is 11.1 Å². The van der Waals surface area contributed by atoms with E-state index in [0.29, 0.717) is 13.0 Å². The molecule has 0 spiro atoms. The molecule has 4 heteroatoms. The second-order valence-electron chi connectivity index (χ2n) is 4.25. The molecule has 1 saturated heterocycles. The van der Waals surface area contributed by atoms with E-state index in [1.807, 2.05) is 6.07 Å². The van der Waals surface area contributed by atoms with Gasteiger partial charge in [0.05, 0.1) is 5.92 Å². The number of nitrogens with two attached hydrogens (primary N) is 1. The van der Waals surface area contributed by atoms with E-state index in [-0.39, 0.29) is 23.6 Å². The summed E-state index contributed by atoms with van der Waals surface area (Å²) < 4.78 is 13.1. The first kappa shape index (κ1) is 11.1. The molecule has 16 heavy (non-hydrogen) atoms. The zero-order valence-electron chi connectivity index (χ0n) is 8.95. The molecule has 1 aromatic rings. The average Bonchev–Trinajstić information content (AvgIpc) is 2.29. The third-order valence-corrected chi connectivity index (χ3v) is 3.07. The van der Waals surface area contributed by atoms with Crippen LogP contribution in [0.4, 0.5) is 4.39 Å². The lowest BCUT2D eigenvalue weighted by atomic mass is 9.85. The van der Waals surface area contributed by atoms with E-state index in [0.717, 1.165) is 12.1 Å². The van der Waals surface area contributed by atoms with Gasteiger partial charge in [-0.25, -0.2) is 4.39 Å². The van der Waals surface area contributed by atoms with Gasteiger partial charge in [0.2, 0.25) is 5.91 Å². The molecule has 0 radical (unpaired) electrons. The Bertz CT molecular complexity index is 394. The fourth-order valence-electron chi connectivity index (χ4n) is 2.17. The molecule has 0 saturated carbocycles. The molecule has 0 bridgehead atoms. The van der Waals surface area contributed by atoms with Crippen molar-refractivity contribution >= 4 is 5.91 Å². The molecule has 1 amide bonds. The van der Waals surface area contributed by atoms with Crippen molar-refractivity contribution in [3.05, 3.63) is 35.6 Å². The van der Waals surface area contributed by atoms with Gasteiger partial charge in [-0.05, 0) is 30.0 Å². The zero-order chi connectivity index (χ0) is 11.5. The predicted octanol–water partition coefficient (Wildman–Crippen LogP) is 1.00. The third-order valence-electron chi connectivity index (χ3n) is 3.07. The molecule has 0 aliphatic carbocycles. The lowest BCUT2D eigenvalue weighted by molar-refractivity contribution is -0.122. The van der Waals surface area contributed by atoms with Crippen LogP contribution in [0.5, 0.6) is 0 Å². The molecular formula is C12H15FN2O. The Hall–Kier alpha value is -1.42.